The minimum atomic E-state index is -0.642. The van der Waals surface area contributed by atoms with Crippen molar-refractivity contribution >= 4 is 28.9 Å². The van der Waals surface area contributed by atoms with Gasteiger partial charge in [-0.3, -0.25) is 9.36 Å². The van der Waals surface area contributed by atoms with Crippen LogP contribution >= 0.6 is 0 Å². The van der Waals surface area contributed by atoms with Crippen LogP contribution in [-0.4, -0.2) is 45.0 Å². The number of carbonyl (C=O) groups is 1. The maximum absolute atomic E-state index is 11.5. The monoisotopic (exact) mass is 322 g/mol. The number of aromatic nitrogens is 4. The van der Waals surface area contributed by atoms with Crippen LogP contribution in [0.3, 0.4) is 0 Å². The Morgan fingerprint density at radius 3 is 3.00 bits per heavy atom. The van der Waals surface area contributed by atoms with Gasteiger partial charge in [-0.1, -0.05) is 13.8 Å². The summed E-state index contributed by atoms with van der Waals surface area (Å²) in [5.41, 5.74) is 12.3. The molecule has 2 atom stereocenters. The third kappa shape index (κ3) is 3.03. The number of hydrogen-bond acceptors (Lipinski definition) is 9. The van der Waals surface area contributed by atoms with Crippen LogP contribution in [0.4, 0.5) is 11.8 Å². The quantitative estimate of drug-likeness (QED) is 0.747. The molecule has 3 rings (SSSR count). The summed E-state index contributed by atoms with van der Waals surface area (Å²) in [7, 11) is 0. The highest BCUT2D eigenvalue weighted by atomic mass is 16.7. The van der Waals surface area contributed by atoms with Crippen molar-refractivity contribution in [2.45, 2.75) is 26.4 Å². The molecule has 0 saturated carbocycles. The first-order valence-corrected chi connectivity index (χ1v) is 7.15. The van der Waals surface area contributed by atoms with Gasteiger partial charge in [0.05, 0.1) is 18.9 Å². The van der Waals surface area contributed by atoms with Crippen LogP contribution in [0, 0.1) is 5.92 Å². The lowest BCUT2D eigenvalue weighted by Gasteiger charge is -2.14. The predicted octanol–water partition coefficient (Wildman–Crippen LogP) is 0.0614. The van der Waals surface area contributed by atoms with E-state index < -0.39 is 12.5 Å². The molecule has 0 aromatic carbocycles. The first kappa shape index (κ1) is 15.4. The van der Waals surface area contributed by atoms with E-state index in [1.54, 1.807) is 18.4 Å². The molecule has 0 spiro atoms. The fourth-order valence-electron chi connectivity index (χ4n) is 2.16. The summed E-state index contributed by atoms with van der Waals surface area (Å²) in [6.45, 7) is 3.81. The summed E-state index contributed by atoms with van der Waals surface area (Å²) < 4.78 is 17.9. The molecule has 10 heteroatoms. The van der Waals surface area contributed by atoms with Crippen LogP contribution in [0.5, 0.6) is 0 Å². The van der Waals surface area contributed by atoms with Gasteiger partial charge >= 0.3 is 5.97 Å². The van der Waals surface area contributed by atoms with Crippen LogP contribution in [0.2, 0.25) is 0 Å². The van der Waals surface area contributed by atoms with Crippen molar-refractivity contribution < 1.29 is 19.0 Å². The van der Waals surface area contributed by atoms with Crippen LogP contribution in [-0.2, 0) is 19.0 Å². The molecule has 0 aliphatic carbocycles. The molecule has 1 saturated heterocycles. The van der Waals surface area contributed by atoms with E-state index in [1.807, 2.05) is 0 Å². The van der Waals surface area contributed by atoms with Crippen LogP contribution in [0.1, 0.15) is 20.1 Å². The van der Waals surface area contributed by atoms with Crippen molar-refractivity contribution in [2.24, 2.45) is 5.92 Å². The van der Waals surface area contributed by atoms with Gasteiger partial charge in [0, 0.05) is 0 Å². The Morgan fingerprint density at radius 2 is 2.26 bits per heavy atom. The molecule has 0 bridgehead atoms. The van der Waals surface area contributed by atoms with Gasteiger partial charge in [0.25, 0.3) is 0 Å². The van der Waals surface area contributed by atoms with E-state index in [9.17, 15) is 4.79 Å². The Kier molecular flexibility index (Phi) is 4.01. The van der Waals surface area contributed by atoms with E-state index in [1.165, 1.54) is 6.33 Å². The molecular formula is C13H18N6O4. The highest BCUT2D eigenvalue weighted by Gasteiger charge is 2.30. The molecule has 1 aliphatic rings. The second-order valence-electron chi connectivity index (χ2n) is 5.43. The molecule has 2 aromatic rings. The van der Waals surface area contributed by atoms with Crippen LogP contribution in [0.15, 0.2) is 6.33 Å². The molecule has 124 valence electrons. The van der Waals surface area contributed by atoms with Crippen LogP contribution in [0.25, 0.3) is 11.2 Å². The highest BCUT2D eigenvalue weighted by molar-refractivity contribution is 5.82. The Labute approximate surface area is 131 Å². The number of carbonyl (C=O) groups excluding carboxylic acids is 1. The topological polar surface area (TPSA) is 140 Å². The van der Waals surface area contributed by atoms with Crippen molar-refractivity contribution in [3.63, 3.8) is 0 Å². The molecule has 1 fully saturated rings. The summed E-state index contributed by atoms with van der Waals surface area (Å²) in [5.74, 6) is -0.250. The molecule has 4 N–H and O–H groups in total. The number of nitrogens with zero attached hydrogens (tertiary/aromatic N) is 4. The molecule has 0 unspecified atom stereocenters. The lowest BCUT2D eigenvalue weighted by Crippen LogP contribution is -2.22. The molecule has 3 heterocycles. The summed E-state index contributed by atoms with van der Waals surface area (Å²) in [6, 6.07) is 0. The molecule has 2 aromatic heterocycles. The SMILES string of the molecule is CC(C)C(=O)OC[C@@H]1OC[C@H](n2cnc3c(N)nc(N)nc32)O1. The van der Waals surface area contributed by atoms with E-state index in [0.717, 1.165) is 0 Å². The maximum Gasteiger partial charge on any atom is 0.308 e. The summed E-state index contributed by atoms with van der Waals surface area (Å²) in [6.07, 6.45) is 0.430. The normalized spacial score (nSPS) is 21.2. The third-order valence-corrected chi connectivity index (χ3v) is 3.34. The van der Waals surface area contributed by atoms with Gasteiger partial charge < -0.3 is 25.7 Å². The molecule has 0 radical (unpaired) electrons. The van der Waals surface area contributed by atoms with Crippen LogP contribution < -0.4 is 11.5 Å². The molecule has 0 amide bonds. The number of nitrogen functional groups attached to an aromatic ring is 2. The number of anilines is 2. The number of ether oxygens (including phenoxy) is 3. The minimum absolute atomic E-state index is 0.0272. The number of fused-ring (bicyclic) bond motifs is 1. The average Bonchev–Trinajstić information content (AvgIpc) is 3.10. The minimum Gasteiger partial charge on any atom is -0.460 e. The molecule has 1 aliphatic heterocycles. The lowest BCUT2D eigenvalue weighted by atomic mass is 10.2. The zero-order valence-electron chi connectivity index (χ0n) is 12.8. The second-order valence-corrected chi connectivity index (χ2v) is 5.43. The Bertz CT molecular complexity index is 731. The van der Waals surface area contributed by atoms with Crippen molar-refractivity contribution in [1.82, 2.24) is 19.5 Å². The second kappa shape index (κ2) is 5.97. The summed E-state index contributed by atoms with van der Waals surface area (Å²) >= 11 is 0. The number of rotatable bonds is 4. The Balaban J connectivity index is 1.71. The number of nitrogens with two attached hydrogens (primary N) is 2. The number of hydrogen-bond donors (Lipinski definition) is 2. The third-order valence-electron chi connectivity index (χ3n) is 3.34. The molecule has 10 nitrogen and oxygen atoms in total. The first-order valence-electron chi connectivity index (χ1n) is 7.15. The Hall–Kier alpha value is -2.46. The van der Waals surface area contributed by atoms with E-state index in [4.69, 9.17) is 25.7 Å². The van der Waals surface area contributed by atoms with Crippen molar-refractivity contribution in [3.8, 4) is 0 Å². The fourth-order valence-corrected chi connectivity index (χ4v) is 2.16. The Morgan fingerprint density at radius 1 is 1.48 bits per heavy atom. The highest BCUT2D eigenvalue weighted by Crippen LogP contribution is 2.26. The van der Waals surface area contributed by atoms with Gasteiger partial charge in [-0.25, -0.2) is 4.98 Å². The largest absolute Gasteiger partial charge is 0.460 e. The van der Waals surface area contributed by atoms with Crippen molar-refractivity contribution in [2.75, 3.05) is 24.7 Å². The average molecular weight is 322 g/mol. The standard InChI is InChI=1S/C13H18N6O4/c1-6(2)12(20)22-4-8-21-3-7(23-8)19-5-16-9-10(14)17-13(15)18-11(9)19/h5-8H,3-4H2,1-2H3,(H4,14,15,17,18)/t7-,8-/m1/s1. The molecule has 23 heavy (non-hydrogen) atoms. The smallest absolute Gasteiger partial charge is 0.308 e. The van der Waals surface area contributed by atoms with Gasteiger partial charge in [-0.15, -0.1) is 0 Å². The van der Waals surface area contributed by atoms with Gasteiger partial charge in [-0.2, -0.15) is 9.97 Å². The fraction of sp³-hybridized carbons (Fsp3) is 0.538. The predicted molar refractivity (Wildman–Crippen MR) is 79.8 cm³/mol. The van der Waals surface area contributed by atoms with E-state index in [0.29, 0.717) is 11.2 Å². The van der Waals surface area contributed by atoms with E-state index >= 15 is 0 Å². The van der Waals surface area contributed by atoms with Gasteiger partial charge in [0.2, 0.25) is 5.95 Å². The van der Waals surface area contributed by atoms with Gasteiger partial charge in [0.1, 0.15) is 12.1 Å². The van der Waals surface area contributed by atoms with Gasteiger partial charge in [-0.05, 0) is 0 Å². The van der Waals surface area contributed by atoms with Crippen molar-refractivity contribution in [3.05, 3.63) is 6.33 Å². The summed E-state index contributed by atoms with van der Waals surface area (Å²) in [5, 5.41) is 0. The summed E-state index contributed by atoms with van der Waals surface area (Å²) in [4.78, 5) is 23.6. The molecular weight excluding hydrogens is 304 g/mol. The van der Waals surface area contributed by atoms with E-state index in [2.05, 4.69) is 15.0 Å². The van der Waals surface area contributed by atoms with E-state index in [-0.39, 0.29) is 36.9 Å². The zero-order valence-corrected chi connectivity index (χ0v) is 12.8. The number of imidazole rings is 1. The van der Waals surface area contributed by atoms with Crippen molar-refractivity contribution in [1.29, 1.82) is 0 Å². The zero-order chi connectivity index (χ0) is 16.6. The number of esters is 1. The lowest BCUT2D eigenvalue weighted by molar-refractivity contribution is -0.162. The first-order chi connectivity index (χ1) is 11.0. The maximum atomic E-state index is 11.5. The van der Waals surface area contributed by atoms with Gasteiger partial charge in [0.15, 0.2) is 24.0 Å².